The van der Waals surface area contributed by atoms with Gasteiger partial charge in [0.1, 0.15) is 0 Å². The summed E-state index contributed by atoms with van der Waals surface area (Å²) >= 11 is 2.72. The lowest BCUT2D eigenvalue weighted by atomic mass is 10.1. The zero-order chi connectivity index (χ0) is 26.0. The predicted molar refractivity (Wildman–Crippen MR) is 149 cm³/mol. The summed E-state index contributed by atoms with van der Waals surface area (Å²) in [6.07, 6.45) is 6.49. The van der Waals surface area contributed by atoms with Crippen LogP contribution in [-0.2, 0) is 16.0 Å². The number of hydrogen-bond donors (Lipinski definition) is 2. The van der Waals surface area contributed by atoms with E-state index in [1.54, 1.807) is 18.2 Å². The number of amides is 2. The number of aromatic nitrogens is 4. The van der Waals surface area contributed by atoms with Crippen molar-refractivity contribution >= 4 is 55.0 Å². The Morgan fingerprint density at radius 3 is 2.08 bits per heavy atom. The van der Waals surface area contributed by atoms with Crippen molar-refractivity contribution in [1.82, 2.24) is 20.4 Å². The first-order valence-corrected chi connectivity index (χ1v) is 13.4. The molecule has 3 aromatic rings. The number of hydrogen-bond acceptors (Lipinski definition) is 10. The standard InChI is InChI=1S/C25H28N8O2S2/c1-3-4-9-18(2)16-20(34)26-22-28-30-24(36-22)32-12-8-13-33(15-14-32)25-31-29-23(37-25)27-21(35)17-19-10-6-5-7-11-19/h3-7,9-11H,1-2,8,12-17H2,(H,26,28,34)(H,27,29,35)/b9-4-. The van der Waals surface area contributed by atoms with Crippen molar-refractivity contribution in [2.45, 2.75) is 19.3 Å². The maximum atomic E-state index is 12.3. The van der Waals surface area contributed by atoms with Gasteiger partial charge in [-0.15, -0.1) is 20.4 Å². The third-order valence-corrected chi connectivity index (χ3v) is 7.22. The third kappa shape index (κ3) is 7.79. The number of rotatable bonds is 10. The summed E-state index contributed by atoms with van der Waals surface area (Å²) in [7, 11) is 0. The highest BCUT2D eigenvalue weighted by molar-refractivity contribution is 7.19. The smallest absolute Gasteiger partial charge is 0.230 e. The largest absolute Gasteiger partial charge is 0.345 e. The molecule has 1 saturated heterocycles. The molecule has 0 unspecified atom stereocenters. The van der Waals surface area contributed by atoms with Crippen LogP contribution in [-0.4, -0.2) is 58.4 Å². The second-order valence-electron chi connectivity index (χ2n) is 8.30. The number of allylic oxidation sites excluding steroid dienone is 3. The number of anilines is 4. The average Bonchev–Trinajstić information content (AvgIpc) is 3.46. The molecule has 192 valence electrons. The zero-order valence-electron chi connectivity index (χ0n) is 20.3. The Morgan fingerprint density at radius 2 is 1.49 bits per heavy atom. The van der Waals surface area contributed by atoms with E-state index in [2.05, 4.69) is 54.0 Å². The van der Waals surface area contributed by atoms with Crippen molar-refractivity contribution in [3.05, 3.63) is 72.9 Å². The van der Waals surface area contributed by atoms with Crippen LogP contribution in [0.1, 0.15) is 18.4 Å². The zero-order valence-corrected chi connectivity index (χ0v) is 21.9. The summed E-state index contributed by atoms with van der Waals surface area (Å²) in [5, 5.41) is 25.0. The molecule has 0 saturated carbocycles. The van der Waals surface area contributed by atoms with E-state index in [-0.39, 0.29) is 18.2 Å². The summed E-state index contributed by atoms with van der Waals surface area (Å²) in [5.74, 6) is -0.306. The molecule has 1 fully saturated rings. The summed E-state index contributed by atoms with van der Waals surface area (Å²) in [6.45, 7) is 10.5. The van der Waals surface area contributed by atoms with Gasteiger partial charge in [0, 0.05) is 26.2 Å². The normalized spacial score (nSPS) is 13.8. The van der Waals surface area contributed by atoms with Crippen molar-refractivity contribution < 1.29 is 9.59 Å². The molecule has 0 radical (unpaired) electrons. The SMILES string of the molecule is C=C/C=C\C(=C)CC(=O)Nc1nnc(N2CCCN(c3nnc(NC(=O)Cc4ccccc4)s3)CC2)s1. The van der Waals surface area contributed by atoms with Crippen LogP contribution >= 0.6 is 22.7 Å². The Morgan fingerprint density at radius 1 is 0.892 bits per heavy atom. The molecule has 0 spiro atoms. The highest BCUT2D eigenvalue weighted by Crippen LogP contribution is 2.28. The molecule has 0 aliphatic carbocycles. The van der Waals surface area contributed by atoms with E-state index in [1.165, 1.54) is 22.7 Å². The van der Waals surface area contributed by atoms with E-state index in [4.69, 9.17) is 0 Å². The van der Waals surface area contributed by atoms with Crippen LogP contribution < -0.4 is 20.4 Å². The highest BCUT2D eigenvalue weighted by atomic mass is 32.1. The summed E-state index contributed by atoms with van der Waals surface area (Å²) in [6, 6.07) is 9.59. The minimum Gasteiger partial charge on any atom is -0.345 e. The summed E-state index contributed by atoms with van der Waals surface area (Å²) in [5.41, 5.74) is 1.63. The van der Waals surface area contributed by atoms with E-state index >= 15 is 0 Å². The maximum Gasteiger partial charge on any atom is 0.230 e. The van der Waals surface area contributed by atoms with E-state index < -0.39 is 0 Å². The van der Waals surface area contributed by atoms with Crippen LogP contribution in [0.5, 0.6) is 0 Å². The Balaban J connectivity index is 1.27. The van der Waals surface area contributed by atoms with E-state index in [1.807, 2.05) is 30.3 Å². The lowest BCUT2D eigenvalue weighted by Crippen LogP contribution is -2.30. The van der Waals surface area contributed by atoms with Crippen molar-refractivity contribution in [3.63, 3.8) is 0 Å². The van der Waals surface area contributed by atoms with Gasteiger partial charge >= 0.3 is 0 Å². The highest BCUT2D eigenvalue weighted by Gasteiger charge is 2.21. The van der Waals surface area contributed by atoms with Crippen LogP contribution in [0.4, 0.5) is 20.5 Å². The van der Waals surface area contributed by atoms with Gasteiger partial charge in [-0.05, 0) is 17.6 Å². The molecule has 37 heavy (non-hydrogen) atoms. The number of carbonyl (C=O) groups is 2. The van der Waals surface area contributed by atoms with Crippen molar-refractivity contribution in [2.24, 2.45) is 0 Å². The predicted octanol–water partition coefficient (Wildman–Crippen LogP) is 3.91. The first-order chi connectivity index (χ1) is 18.0. The molecule has 0 bridgehead atoms. The van der Waals surface area contributed by atoms with Crippen LogP contribution in [0.15, 0.2) is 67.3 Å². The maximum absolute atomic E-state index is 12.3. The van der Waals surface area contributed by atoms with Crippen LogP contribution in [0.3, 0.4) is 0 Å². The summed E-state index contributed by atoms with van der Waals surface area (Å²) < 4.78 is 0. The molecular formula is C25H28N8O2S2. The van der Waals surface area contributed by atoms with Gasteiger partial charge in [-0.3, -0.25) is 9.59 Å². The molecule has 12 heteroatoms. The van der Waals surface area contributed by atoms with Crippen molar-refractivity contribution in [3.8, 4) is 0 Å². The lowest BCUT2D eigenvalue weighted by molar-refractivity contribution is -0.116. The topological polar surface area (TPSA) is 116 Å². The minimum absolute atomic E-state index is 0.118. The summed E-state index contributed by atoms with van der Waals surface area (Å²) in [4.78, 5) is 28.9. The Labute approximate surface area is 223 Å². The van der Waals surface area contributed by atoms with Crippen LogP contribution in [0.25, 0.3) is 0 Å². The first kappa shape index (κ1) is 26.2. The molecule has 4 rings (SSSR count). The number of nitrogens with one attached hydrogen (secondary N) is 2. The second kappa shape index (κ2) is 12.9. The monoisotopic (exact) mass is 536 g/mol. The fraction of sp³-hybridized carbons (Fsp3) is 0.280. The van der Waals surface area contributed by atoms with Gasteiger partial charge in [0.15, 0.2) is 0 Å². The molecule has 3 heterocycles. The van der Waals surface area contributed by atoms with Gasteiger partial charge in [-0.2, -0.15) is 0 Å². The Kier molecular flexibility index (Phi) is 9.11. The first-order valence-electron chi connectivity index (χ1n) is 11.8. The van der Waals surface area contributed by atoms with Crippen LogP contribution in [0, 0.1) is 0 Å². The molecular weight excluding hydrogens is 508 g/mol. The van der Waals surface area contributed by atoms with Crippen LogP contribution in [0.2, 0.25) is 0 Å². The number of benzene rings is 1. The van der Waals surface area contributed by atoms with Gasteiger partial charge in [-0.25, -0.2) is 0 Å². The van der Waals surface area contributed by atoms with Gasteiger partial charge in [-0.1, -0.05) is 84.4 Å². The van der Waals surface area contributed by atoms with Gasteiger partial charge < -0.3 is 20.4 Å². The molecule has 1 aliphatic rings. The second-order valence-corrected chi connectivity index (χ2v) is 10.2. The fourth-order valence-electron chi connectivity index (χ4n) is 3.67. The molecule has 10 nitrogen and oxygen atoms in total. The molecule has 1 aliphatic heterocycles. The molecule has 1 aromatic carbocycles. The molecule has 2 aromatic heterocycles. The number of nitrogens with zero attached hydrogens (tertiary/aromatic N) is 6. The minimum atomic E-state index is -0.189. The van der Waals surface area contributed by atoms with E-state index in [0.717, 1.165) is 48.4 Å². The van der Waals surface area contributed by atoms with Gasteiger partial charge in [0.05, 0.1) is 12.8 Å². The molecule has 2 N–H and O–H groups in total. The van der Waals surface area contributed by atoms with Gasteiger partial charge in [0.2, 0.25) is 32.3 Å². The van der Waals surface area contributed by atoms with Crippen molar-refractivity contribution in [1.29, 1.82) is 0 Å². The molecule has 0 atom stereocenters. The Hall–Kier alpha value is -3.90. The number of carbonyl (C=O) groups excluding carboxylic acids is 2. The quantitative estimate of drug-likeness (QED) is 0.375. The molecule has 2 amide bonds. The van der Waals surface area contributed by atoms with Crippen molar-refractivity contribution in [2.75, 3.05) is 46.6 Å². The van der Waals surface area contributed by atoms with E-state index in [9.17, 15) is 9.59 Å². The Bertz CT molecular complexity index is 1270. The van der Waals surface area contributed by atoms with Gasteiger partial charge in [0.25, 0.3) is 0 Å². The van der Waals surface area contributed by atoms with E-state index in [0.29, 0.717) is 22.3 Å². The fourth-order valence-corrected chi connectivity index (χ4v) is 5.29. The third-order valence-electron chi connectivity index (χ3n) is 5.42. The lowest BCUT2D eigenvalue weighted by Gasteiger charge is -2.20. The average molecular weight is 537 g/mol.